The zero-order chi connectivity index (χ0) is 14.3. The first kappa shape index (κ1) is 15.4. The number of unbranched alkanes of at least 4 members (excludes halogenated alkanes) is 1. The SMILES string of the molecule is CCc1cc(C(=O)NCCCCC(N)=O)cc(Cl)n1. The van der Waals surface area contributed by atoms with Crippen molar-refractivity contribution in [3.05, 3.63) is 28.5 Å². The molecule has 1 aromatic heterocycles. The summed E-state index contributed by atoms with van der Waals surface area (Å²) < 4.78 is 0. The molecule has 0 bridgehead atoms. The summed E-state index contributed by atoms with van der Waals surface area (Å²) in [6.07, 6.45) is 2.46. The van der Waals surface area contributed by atoms with Crippen molar-refractivity contribution in [2.75, 3.05) is 6.54 Å². The first-order valence-corrected chi connectivity index (χ1v) is 6.63. The highest BCUT2D eigenvalue weighted by Gasteiger charge is 2.08. The molecule has 0 atom stereocenters. The molecule has 0 aliphatic carbocycles. The van der Waals surface area contributed by atoms with Gasteiger partial charge in [-0.15, -0.1) is 0 Å². The number of hydrogen-bond donors (Lipinski definition) is 2. The van der Waals surface area contributed by atoms with Gasteiger partial charge in [-0.05, 0) is 31.4 Å². The van der Waals surface area contributed by atoms with Crippen LogP contribution in [0.15, 0.2) is 12.1 Å². The van der Waals surface area contributed by atoms with Crippen LogP contribution in [0.4, 0.5) is 0 Å². The minimum absolute atomic E-state index is 0.182. The zero-order valence-corrected chi connectivity index (χ0v) is 11.7. The van der Waals surface area contributed by atoms with Crippen molar-refractivity contribution in [1.29, 1.82) is 0 Å². The highest BCUT2D eigenvalue weighted by atomic mass is 35.5. The average Bonchev–Trinajstić information content (AvgIpc) is 2.36. The Balaban J connectivity index is 2.45. The van der Waals surface area contributed by atoms with E-state index in [0.717, 1.165) is 12.1 Å². The van der Waals surface area contributed by atoms with E-state index in [2.05, 4.69) is 10.3 Å². The zero-order valence-electron chi connectivity index (χ0n) is 10.9. The van der Waals surface area contributed by atoms with Gasteiger partial charge in [0.25, 0.3) is 5.91 Å². The maximum absolute atomic E-state index is 11.9. The van der Waals surface area contributed by atoms with Gasteiger partial charge in [0.2, 0.25) is 5.91 Å². The van der Waals surface area contributed by atoms with Crippen molar-refractivity contribution in [3.8, 4) is 0 Å². The quantitative estimate of drug-likeness (QED) is 0.590. The number of aryl methyl sites for hydroxylation is 1. The predicted octanol–water partition coefficient (Wildman–Crippen LogP) is 1.68. The fourth-order valence-electron chi connectivity index (χ4n) is 1.59. The van der Waals surface area contributed by atoms with Crippen molar-refractivity contribution in [2.24, 2.45) is 5.73 Å². The molecular formula is C13H18ClN3O2. The molecule has 0 fully saturated rings. The van der Waals surface area contributed by atoms with Gasteiger partial charge in [0.05, 0.1) is 0 Å². The van der Waals surface area contributed by atoms with Gasteiger partial charge in [0.1, 0.15) is 5.15 Å². The molecule has 5 nitrogen and oxygen atoms in total. The summed E-state index contributed by atoms with van der Waals surface area (Å²) in [6, 6.07) is 3.27. The Hall–Kier alpha value is -1.62. The van der Waals surface area contributed by atoms with E-state index < -0.39 is 0 Å². The van der Waals surface area contributed by atoms with Crippen LogP contribution < -0.4 is 11.1 Å². The summed E-state index contributed by atoms with van der Waals surface area (Å²) in [6.45, 7) is 2.46. The van der Waals surface area contributed by atoms with Crippen molar-refractivity contribution >= 4 is 23.4 Å². The average molecular weight is 284 g/mol. The lowest BCUT2D eigenvalue weighted by molar-refractivity contribution is -0.118. The number of nitrogens with two attached hydrogens (primary N) is 1. The summed E-state index contributed by atoms with van der Waals surface area (Å²) in [4.78, 5) is 26.5. The Kier molecular flexibility index (Phi) is 6.29. The smallest absolute Gasteiger partial charge is 0.251 e. The molecule has 6 heteroatoms. The molecule has 1 rings (SSSR count). The number of pyridine rings is 1. The van der Waals surface area contributed by atoms with E-state index in [9.17, 15) is 9.59 Å². The molecule has 0 aliphatic heterocycles. The lowest BCUT2D eigenvalue weighted by Crippen LogP contribution is -2.25. The van der Waals surface area contributed by atoms with Crippen LogP contribution in [0.2, 0.25) is 5.15 Å². The number of hydrogen-bond acceptors (Lipinski definition) is 3. The number of carbonyl (C=O) groups is 2. The summed E-state index contributed by atoms with van der Waals surface area (Å²) in [5.74, 6) is -0.502. The van der Waals surface area contributed by atoms with Crippen LogP contribution in [0.3, 0.4) is 0 Å². The van der Waals surface area contributed by atoms with E-state index in [1.165, 1.54) is 0 Å². The molecule has 1 heterocycles. The molecule has 3 N–H and O–H groups in total. The second kappa shape index (κ2) is 7.74. The van der Waals surface area contributed by atoms with Crippen LogP contribution in [0.5, 0.6) is 0 Å². The van der Waals surface area contributed by atoms with Gasteiger partial charge in [-0.1, -0.05) is 18.5 Å². The summed E-state index contributed by atoms with van der Waals surface area (Å²) in [5, 5.41) is 3.09. The Bertz CT molecular complexity index is 463. The number of primary amides is 1. The molecule has 1 aromatic rings. The standard InChI is InChI=1S/C13H18ClN3O2/c1-2-10-7-9(8-11(14)17-10)13(19)16-6-4-3-5-12(15)18/h7-8H,2-6H2,1H3,(H2,15,18)(H,16,19). The molecule has 2 amide bonds. The van der Waals surface area contributed by atoms with Crippen LogP contribution >= 0.6 is 11.6 Å². The number of halogens is 1. The molecule has 0 aromatic carbocycles. The van der Waals surface area contributed by atoms with Crippen molar-refractivity contribution in [3.63, 3.8) is 0 Å². The number of rotatable bonds is 7. The van der Waals surface area contributed by atoms with Gasteiger partial charge in [-0.25, -0.2) is 4.98 Å². The molecule has 0 aliphatic rings. The largest absolute Gasteiger partial charge is 0.370 e. The maximum atomic E-state index is 11.9. The molecule has 0 spiro atoms. The van der Waals surface area contributed by atoms with Crippen molar-refractivity contribution < 1.29 is 9.59 Å². The van der Waals surface area contributed by atoms with E-state index in [1.54, 1.807) is 12.1 Å². The predicted molar refractivity (Wildman–Crippen MR) is 74.0 cm³/mol. The van der Waals surface area contributed by atoms with Crippen molar-refractivity contribution in [2.45, 2.75) is 32.6 Å². The lowest BCUT2D eigenvalue weighted by Gasteiger charge is -2.06. The van der Waals surface area contributed by atoms with Crippen LogP contribution in [-0.4, -0.2) is 23.3 Å². The minimum atomic E-state index is -0.320. The Morgan fingerprint density at radius 3 is 2.74 bits per heavy atom. The second-order valence-corrected chi connectivity index (χ2v) is 4.59. The van der Waals surface area contributed by atoms with Gasteiger partial charge in [0.15, 0.2) is 0 Å². The van der Waals surface area contributed by atoms with Gasteiger partial charge >= 0.3 is 0 Å². The van der Waals surface area contributed by atoms with Gasteiger partial charge in [-0.3, -0.25) is 9.59 Å². The third kappa shape index (κ3) is 5.70. The van der Waals surface area contributed by atoms with E-state index in [-0.39, 0.29) is 11.8 Å². The molecule has 104 valence electrons. The topological polar surface area (TPSA) is 85.1 Å². The number of amides is 2. The third-order valence-corrected chi connectivity index (χ3v) is 2.80. The van der Waals surface area contributed by atoms with E-state index in [0.29, 0.717) is 36.5 Å². The van der Waals surface area contributed by atoms with E-state index in [4.69, 9.17) is 17.3 Å². The van der Waals surface area contributed by atoms with Crippen LogP contribution in [0.25, 0.3) is 0 Å². The number of carbonyl (C=O) groups excluding carboxylic acids is 2. The third-order valence-electron chi connectivity index (χ3n) is 2.61. The Morgan fingerprint density at radius 1 is 1.37 bits per heavy atom. The Morgan fingerprint density at radius 2 is 2.11 bits per heavy atom. The monoisotopic (exact) mass is 283 g/mol. The highest BCUT2D eigenvalue weighted by molar-refractivity contribution is 6.29. The number of aromatic nitrogens is 1. The van der Waals surface area contributed by atoms with Crippen LogP contribution in [-0.2, 0) is 11.2 Å². The lowest BCUT2D eigenvalue weighted by atomic mass is 10.2. The summed E-state index contributed by atoms with van der Waals surface area (Å²) in [5.41, 5.74) is 6.32. The molecule has 0 saturated heterocycles. The summed E-state index contributed by atoms with van der Waals surface area (Å²) >= 11 is 5.85. The molecule has 0 saturated carbocycles. The summed E-state index contributed by atoms with van der Waals surface area (Å²) in [7, 11) is 0. The van der Waals surface area contributed by atoms with E-state index in [1.807, 2.05) is 6.92 Å². The van der Waals surface area contributed by atoms with Crippen LogP contribution in [0.1, 0.15) is 42.2 Å². The first-order valence-electron chi connectivity index (χ1n) is 6.26. The number of nitrogens with zero attached hydrogens (tertiary/aromatic N) is 1. The second-order valence-electron chi connectivity index (χ2n) is 4.20. The van der Waals surface area contributed by atoms with Gasteiger partial charge in [-0.2, -0.15) is 0 Å². The van der Waals surface area contributed by atoms with Crippen LogP contribution in [0, 0.1) is 0 Å². The van der Waals surface area contributed by atoms with Gasteiger partial charge < -0.3 is 11.1 Å². The molecule has 0 unspecified atom stereocenters. The fraction of sp³-hybridized carbons (Fsp3) is 0.462. The van der Waals surface area contributed by atoms with E-state index >= 15 is 0 Å². The van der Waals surface area contributed by atoms with Gasteiger partial charge in [0, 0.05) is 24.2 Å². The normalized spacial score (nSPS) is 10.2. The maximum Gasteiger partial charge on any atom is 0.251 e. The molecule has 0 radical (unpaired) electrons. The minimum Gasteiger partial charge on any atom is -0.370 e. The van der Waals surface area contributed by atoms with Crippen molar-refractivity contribution in [1.82, 2.24) is 10.3 Å². The molecule has 19 heavy (non-hydrogen) atoms. The Labute approximate surface area is 117 Å². The molecular weight excluding hydrogens is 266 g/mol. The highest BCUT2D eigenvalue weighted by Crippen LogP contribution is 2.11. The first-order chi connectivity index (χ1) is 9.02. The number of nitrogens with one attached hydrogen (secondary N) is 1. The fourth-order valence-corrected chi connectivity index (χ4v) is 1.82.